The van der Waals surface area contributed by atoms with Crippen LogP contribution in [0.25, 0.3) is 0 Å². The summed E-state index contributed by atoms with van der Waals surface area (Å²) in [5.41, 5.74) is 3.89. The molecule has 0 amide bonds. The minimum Gasteiger partial charge on any atom is -0.386 e. The van der Waals surface area contributed by atoms with Crippen molar-refractivity contribution in [1.29, 1.82) is 0 Å². The summed E-state index contributed by atoms with van der Waals surface area (Å²) < 4.78 is 78.7. The maximum atomic E-state index is 15.0. The second-order valence-corrected chi connectivity index (χ2v) is 11.8. The number of carbonyl (C=O) groups is 1. The summed E-state index contributed by atoms with van der Waals surface area (Å²) in [4.78, 5) is 20.9. The van der Waals surface area contributed by atoms with Crippen molar-refractivity contribution in [2.24, 2.45) is 10.7 Å². The number of hydrogen-bond acceptors (Lipinski definition) is 6. The van der Waals surface area contributed by atoms with E-state index in [1.807, 2.05) is 0 Å². The number of hydrogen-bond donors (Lipinski definition) is 1. The van der Waals surface area contributed by atoms with Crippen LogP contribution in [0.4, 0.5) is 17.6 Å². The molecule has 11 heteroatoms. The lowest BCUT2D eigenvalue weighted by molar-refractivity contribution is -0.137. The van der Waals surface area contributed by atoms with Gasteiger partial charge in [-0.3, -0.25) is 14.8 Å². The number of aryl methyl sites for hydroxylation is 1. The lowest BCUT2D eigenvalue weighted by Crippen LogP contribution is -2.55. The van der Waals surface area contributed by atoms with Crippen LogP contribution in [0, 0.1) is 12.7 Å². The summed E-state index contributed by atoms with van der Waals surface area (Å²) in [5.74, 6) is -1.32. The maximum absolute atomic E-state index is 15.0. The Morgan fingerprint density at radius 2 is 1.91 bits per heavy atom. The van der Waals surface area contributed by atoms with E-state index in [-0.39, 0.29) is 41.9 Å². The highest BCUT2D eigenvalue weighted by molar-refractivity contribution is 7.94. The zero-order chi connectivity index (χ0) is 25.3. The Hall–Kier alpha value is -2.82. The molecule has 2 bridgehead atoms. The third-order valence-corrected chi connectivity index (χ3v) is 10.1. The van der Waals surface area contributed by atoms with E-state index in [1.54, 1.807) is 0 Å². The minimum atomic E-state index is -4.58. The average Bonchev–Trinajstić information content (AvgIpc) is 2.91. The molecule has 0 aliphatic carbocycles. The number of amidine groups is 1. The van der Waals surface area contributed by atoms with Gasteiger partial charge in [-0.2, -0.15) is 13.2 Å². The zero-order valence-corrected chi connectivity index (χ0v) is 19.5. The third kappa shape index (κ3) is 3.52. The van der Waals surface area contributed by atoms with Gasteiger partial charge < -0.3 is 5.73 Å². The van der Waals surface area contributed by atoms with Crippen molar-refractivity contribution in [2.75, 3.05) is 0 Å². The third-order valence-electron chi connectivity index (χ3n) is 7.02. The molecule has 2 aromatic rings. The number of carbonyl (C=O) groups excluding carboxylic acids is 1. The summed E-state index contributed by atoms with van der Waals surface area (Å²) in [6, 6.07) is 4.71. The number of aromatic nitrogens is 1. The van der Waals surface area contributed by atoms with Gasteiger partial charge in [-0.25, -0.2) is 12.8 Å². The molecule has 0 radical (unpaired) electrons. The predicted octanol–water partition coefficient (Wildman–Crippen LogP) is 3.90. The molecule has 4 rings (SSSR count). The first-order valence-corrected chi connectivity index (χ1v) is 12.1. The first-order valence-electron chi connectivity index (χ1n) is 10.6. The molecule has 2 aliphatic rings. The topological polar surface area (TPSA) is 102 Å². The highest BCUT2D eigenvalue weighted by atomic mass is 32.2. The van der Waals surface area contributed by atoms with Crippen LogP contribution in [-0.4, -0.2) is 35.0 Å². The second kappa shape index (κ2) is 7.59. The number of Topliss-reactive ketones (excluding diaryl/α,β-unsaturated/α-hetero) is 1. The summed E-state index contributed by atoms with van der Waals surface area (Å²) in [6.07, 6.45) is -3.71. The van der Waals surface area contributed by atoms with Gasteiger partial charge in [0, 0.05) is 18.2 Å². The molecule has 0 unspecified atom stereocenters. The molecule has 0 spiro atoms. The van der Waals surface area contributed by atoms with Gasteiger partial charge in [0.1, 0.15) is 27.6 Å². The maximum Gasteiger partial charge on any atom is 0.417 e. The van der Waals surface area contributed by atoms with Crippen LogP contribution in [-0.2, 0) is 28.0 Å². The van der Waals surface area contributed by atoms with Crippen LogP contribution < -0.4 is 5.73 Å². The van der Waals surface area contributed by atoms with Crippen molar-refractivity contribution in [3.8, 4) is 0 Å². The molecular weight excluding hydrogens is 474 g/mol. The van der Waals surface area contributed by atoms with Crippen LogP contribution in [0.3, 0.4) is 0 Å². The second-order valence-electron chi connectivity index (χ2n) is 9.25. The SMILES string of the molecule is Cc1cc(C(F)(F)F)cnc1C(=O)Cc1ccc(F)c([C@@]2(C)N=C(N)[C@]3(C)CC[C@H]2S3(=O)=O)c1. The Balaban J connectivity index is 1.70. The molecule has 6 nitrogen and oxygen atoms in total. The molecule has 2 aliphatic heterocycles. The van der Waals surface area contributed by atoms with Gasteiger partial charge in [0.2, 0.25) is 0 Å². The van der Waals surface area contributed by atoms with Crippen molar-refractivity contribution in [2.45, 2.75) is 61.7 Å². The van der Waals surface area contributed by atoms with Crippen LogP contribution >= 0.6 is 0 Å². The van der Waals surface area contributed by atoms with Crippen LogP contribution in [0.2, 0.25) is 0 Å². The van der Waals surface area contributed by atoms with Crippen molar-refractivity contribution < 1.29 is 30.8 Å². The number of nitrogens with zero attached hydrogens (tertiary/aromatic N) is 2. The molecule has 1 aromatic heterocycles. The molecule has 34 heavy (non-hydrogen) atoms. The van der Waals surface area contributed by atoms with E-state index in [0.717, 1.165) is 12.1 Å². The largest absolute Gasteiger partial charge is 0.417 e. The Bertz CT molecular complexity index is 1340. The Morgan fingerprint density at radius 1 is 1.24 bits per heavy atom. The zero-order valence-electron chi connectivity index (χ0n) is 18.7. The quantitative estimate of drug-likeness (QED) is 0.510. The monoisotopic (exact) mass is 497 g/mol. The van der Waals surface area contributed by atoms with E-state index in [1.165, 1.54) is 32.9 Å². The van der Waals surface area contributed by atoms with Gasteiger partial charge in [-0.1, -0.05) is 6.07 Å². The summed E-state index contributed by atoms with van der Waals surface area (Å²) in [7, 11) is -3.74. The molecule has 2 N–H and O–H groups in total. The van der Waals surface area contributed by atoms with Gasteiger partial charge in [0.25, 0.3) is 0 Å². The minimum absolute atomic E-state index is 0.00428. The lowest BCUT2D eigenvalue weighted by Gasteiger charge is -2.39. The number of nitrogens with two attached hydrogens (primary N) is 1. The normalized spacial score (nSPS) is 28.0. The molecule has 1 aromatic carbocycles. The molecular formula is C23H23F4N3O3S. The molecule has 182 valence electrons. The first-order chi connectivity index (χ1) is 15.6. The van der Waals surface area contributed by atoms with Crippen LogP contribution in [0.15, 0.2) is 35.5 Å². The number of alkyl halides is 3. The number of fused-ring (bicyclic) bond motifs is 2. The number of ketones is 1. The Morgan fingerprint density at radius 3 is 2.53 bits per heavy atom. The lowest BCUT2D eigenvalue weighted by atomic mass is 9.85. The van der Waals surface area contributed by atoms with Gasteiger partial charge >= 0.3 is 6.18 Å². The van der Waals surface area contributed by atoms with Crippen LogP contribution in [0.1, 0.15) is 59.4 Å². The number of benzene rings is 1. The standard InChI is InChI=1S/C23H23F4N3O3S/c1-12-8-14(23(25,26)27)11-29-19(12)17(31)10-13-4-5-16(24)15(9-13)22(3)18-6-7-21(2,20(28)30-22)34(18,32)33/h4-5,8-9,11,18H,6-7,10H2,1-3H3,(H2,28,30)/t18-,21+,22-/m1/s1. The highest BCUT2D eigenvalue weighted by Crippen LogP contribution is 2.51. The number of rotatable bonds is 4. The number of pyridine rings is 1. The van der Waals surface area contributed by atoms with Crippen molar-refractivity contribution in [3.63, 3.8) is 0 Å². The number of sulfone groups is 1. The van der Waals surface area contributed by atoms with E-state index in [4.69, 9.17) is 5.73 Å². The summed E-state index contributed by atoms with van der Waals surface area (Å²) in [5, 5.41) is -0.975. The molecule has 1 fully saturated rings. The molecule has 3 heterocycles. The molecule has 3 atom stereocenters. The smallest absolute Gasteiger partial charge is 0.386 e. The Labute approximate surface area is 194 Å². The fourth-order valence-electron chi connectivity index (χ4n) is 4.91. The fraction of sp³-hybridized carbons (Fsp3) is 0.435. The van der Waals surface area contributed by atoms with Gasteiger partial charge in [-0.05, 0) is 62.9 Å². The van der Waals surface area contributed by atoms with Crippen molar-refractivity contribution in [3.05, 3.63) is 64.2 Å². The summed E-state index contributed by atoms with van der Waals surface area (Å²) in [6.45, 7) is 4.39. The van der Waals surface area contributed by atoms with E-state index < -0.39 is 48.7 Å². The molecule has 0 saturated carbocycles. The van der Waals surface area contributed by atoms with E-state index >= 15 is 0 Å². The van der Waals surface area contributed by atoms with E-state index in [2.05, 4.69) is 9.98 Å². The van der Waals surface area contributed by atoms with Gasteiger partial charge in [0.15, 0.2) is 15.6 Å². The predicted molar refractivity (Wildman–Crippen MR) is 118 cm³/mol. The highest BCUT2D eigenvalue weighted by Gasteiger charge is 2.63. The summed E-state index contributed by atoms with van der Waals surface area (Å²) >= 11 is 0. The number of aliphatic imine (C=N–C) groups is 1. The van der Waals surface area contributed by atoms with Crippen molar-refractivity contribution in [1.82, 2.24) is 4.98 Å². The van der Waals surface area contributed by atoms with Crippen LogP contribution in [0.5, 0.6) is 0 Å². The number of halogens is 4. The molecule has 1 saturated heterocycles. The van der Waals surface area contributed by atoms with E-state index in [0.29, 0.717) is 11.8 Å². The first kappa shape index (κ1) is 24.3. The van der Waals surface area contributed by atoms with Gasteiger partial charge in [-0.15, -0.1) is 0 Å². The fourth-order valence-corrected chi connectivity index (χ4v) is 7.49. The van der Waals surface area contributed by atoms with Gasteiger partial charge in [0.05, 0.1) is 10.8 Å². The Kier molecular flexibility index (Phi) is 5.43. The average molecular weight is 498 g/mol. The van der Waals surface area contributed by atoms with Crippen molar-refractivity contribution >= 4 is 21.5 Å². The van der Waals surface area contributed by atoms with E-state index in [9.17, 15) is 30.8 Å².